The van der Waals surface area contributed by atoms with Crippen LogP contribution in [0.4, 0.5) is 26.3 Å². The molecule has 0 saturated heterocycles. The van der Waals surface area contributed by atoms with E-state index in [9.17, 15) is 26.3 Å². The molecule has 0 nitrogen and oxygen atoms in total. The molecule has 2 aliphatic carbocycles. The average molecular weight is 835 g/mol. The van der Waals surface area contributed by atoms with Crippen molar-refractivity contribution in [1.29, 1.82) is 0 Å². The maximum Gasteiger partial charge on any atom is -1.00 e. The number of alkyl halides is 6. The summed E-state index contributed by atoms with van der Waals surface area (Å²) in [6.45, 7) is 17.4. The second kappa shape index (κ2) is 14.8. The van der Waals surface area contributed by atoms with Gasteiger partial charge in [0.05, 0.1) is 0 Å². The zero-order chi connectivity index (χ0) is 36.6. The van der Waals surface area contributed by atoms with Gasteiger partial charge in [0.1, 0.15) is 0 Å². The van der Waals surface area contributed by atoms with E-state index < -0.39 is 44.7 Å². The van der Waals surface area contributed by atoms with Crippen LogP contribution in [0.3, 0.4) is 0 Å². The summed E-state index contributed by atoms with van der Waals surface area (Å²) in [5.74, 6) is 0. The van der Waals surface area contributed by atoms with Gasteiger partial charge in [-0.15, -0.1) is 0 Å². The molecule has 0 aromatic heterocycles. The summed E-state index contributed by atoms with van der Waals surface area (Å²) in [6, 6.07) is 17.3. The van der Waals surface area contributed by atoms with E-state index in [1.165, 1.54) is 34.4 Å². The molecule has 0 spiro atoms. The molecule has 0 amide bonds. The Morgan fingerprint density at radius 2 is 1.12 bits per heavy atom. The van der Waals surface area contributed by atoms with Gasteiger partial charge in [-0.3, -0.25) is 0 Å². The zero-order valence-corrected chi connectivity index (χ0v) is 34.4. The van der Waals surface area contributed by atoms with Crippen molar-refractivity contribution in [3.63, 3.8) is 0 Å². The summed E-state index contributed by atoms with van der Waals surface area (Å²) in [6.07, 6.45) is -0.460. The van der Waals surface area contributed by atoms with E-state index in [2.05, 4.69) is 85.7 Å². The van der Waals surface area contributed by atoms with E-state index in [4.69, 9.17) is 0 Å². The molecule has 2 aliphatic rings. The average Bonchev–Trinajstić information content (AvgIpc) is 3.66. The summed E-state index contributed by atoms with van der Waals surface area (Å²) < 4.78 is 87.1. The van der Waals surface area contributed by atoms with Crippen molar-refractivity contribution in [2.75, 3.05) is 0 Å². The molecule has 0 radical (unpaired) electrons. The molecule has 0 aliphatic heterocycles. The number of aryl methyl sites for hydroxylation is 1. The first kappa shape index (κ1) is 42.0. The molecule has 0 saturated carbocycles. The van der Waals surface area contributed by atoms with Gasteiger partial charge >= 0.3 is 301 Å². The molecule has 274 valence electrons. The van der Waals surface area contributed by atoms with Crippen molar-refractivity contribution in [2.45, 2.75) is 88.6 Å². The first-order chi connectivity index (χ1) is 23.2. The summed E-state index contributed by atoms with van der Waals surface area (Å²) in [4.78, 5) is 0. The molecule has 0 N–H and O–H groups in total. The summed E-state index contributed by atoms with van der Waals surface area (Å²) >= 11 is -3.62. The van der Waals surface area contributed by atoms with E-state index in [1.54, 1.807) is 12.1 Å². The smallest absolute Gasteiger partial charge is 1.00 e. The predicted molar refractivity (Wildman–Crippen MR) is 189 cm³/mol. The molecule has 4 aromatic carbocycles. The van der Waals surface area contributed by atoms with Crippen molar-refractivity contribution >= 4 is 6.48 Å². The topological polar surface area (TPSA) is 0 Å². The number of halogens is 8. The van der Waals surface area contributed by atoms with Crippen molar-refractivity contribution in [3.05, 3.63) is 147 Å². The molecule has 52 heavy (non-hydrogen) atoms. The van der Waals surface area contributed by atoms with Crippen LogP contribution in [0.15, 0.2) is 91.0 Å². The Morgan fingerprint density at radius 3 is 1.58 bits per heavy atom. The van der Waals surface area contributed by atoms with Gasteiger partial charge < -0.3 is 24.8 Å². The third-order valence-electron chi connectivity index (χ3n) is 10.00. The number of fused-ring (bicyclic) bond motifs is 3. The maximum absolute atomic E-state index is 14.2. The first-order valence-corrected chi connectivity index (χ1v) is 20.8. The number of hydrogen-bond acceptors (Lipinski definition) is 0. The largest absolute Gasteiger partial charge is 1.00 e. The summed E-state index contributed by atoms with van der Waals surface area (Å²) in [5.41, 5.74) is 8.05. The van der Waals surface area contributed by atoms with E-state index in [0.29, 0.717) is 20.8 Å². The van der Waals surface area contributed by atoms with E-state index in [-0.39, 0.29) is 39.3 Å². The van der Waals surface area contributed by atoms with Gasteiger partial charge in [-0.25, -0.2) is 0 Å². The van der Waals surface area contributed by atoms with Crippen LogP contribution in [0.1, 0.15) is 97.2 Å². The SMILES string of the molecule is Cc1cc2c(cc1C(C)(C)C)-c1cc(C(C)(C)C)c(C)[c]([Zr+2](=[C](c3cccc(C(F)(F)F)c3)c3cccc(C(F)(F)F)c3)[CH]3C=CC=C3)c1C2.[Cl-].[Cl-]. The standard InChI is InChI=1S/C23H29.C15H8F6.C5H5.2ClH.Zr/c1-14-9-16-11-17-10-15(2)21(23(6,7)8)13-19(17)18(16)12-20(14)22(3,4)5;16-14(17,18)12-5-1-3-10(8-12)7-11-4-2-6-13(9-11)15(19,20)21;1-2-4-5-3-1;;;/h9,12-13H,11H2,1-8H3;1-6,8-9H;1-5H;2*1H;/q;;;;;+2/p-2. The molecule has 6 rings (SSSR count). The van der Waals surface area contributed by atoms with Crippen LogP contribution >= 0.6 is 0 Å². The van der Waals surface area contributed by atoms with E-state index in [0.717, 1.165) is 49.8 Å². The Morgan fingerprint density at radius 1 is 0.635 bits per heavy atom. The third-order valence-corrected chi connectivity index (χ3v) is 18.3. The molecular weight excluding hydrogens is 793 g/mol. The monoisotopic (exact) mass is 832 g/mol. The third kappa shape index (κ3) is 8.03. The second-order valence-corrected chi connectivity index (χ2v) is 21.8. The normalized spacial score (nSPS) is 13.9. The molecule has 0 atom stereocenters. The minimum absolute atomic E-state index is 0. The van der Waals surface area contributed by atoms with Crippen molar-refractivity contribution in [3.8, 4) is 11.1 Å². The van der Waals surface area contributed by atoms with Gasteiger partial charge in [-0.05, 0) is 0 Å². The van der Waals surface area contributed by atoms with Gasteiger partial charge in [-0.2, -0.15) is 0 Å². The van der Waals surface area contributed by atoms with Gasteiger partial charge in [0.15, 0.2) is 0 Å². The molecule has 0 bridgehead atoms. The van der Waals surface area contributed by atoms with Crippen LogP contribution in [0, 0.1) is 13.8 Å². The molecule has 0 unspecified atom stereocenters. The molecule has 4 aromatic rings. The molecular formula is C43H42Cl2F6Zr. The number of hydrogen-bond donors (Lipinski definition) is 0. The Labute approximate surface area is 323 Å². The number of rotatable bonds is 4. The molecule has 9 heteroatoms. The van der Waals surface area contributed by atoms with Gasteiger partial charge in [0.25, 0.3) is 0 Å². The maximum atomic E-state index is 14.2. The fraction of sp³-hybridized carbons (Fsp3) is 0.326. The fourth-order valence-electron chi connectivity index (χ4n) is 7.83. The van der Waals surface area contributed by atoms with Crippen LogP contribution in [0.2, 0.25) is 3.63 Å². The van der Waals surface area contributed by atoms with E-state index in [1.807, 2.05) is 12.2 Å². The number of allylic oxidation sites excluding steroid dienone is 4. The van der Waals surface area contributed by atoms with Gasteiger partial charge in [0.2, 0.25) is 0 Å². The van der Waals surface area contributed by atoms with Gasteiger partial charge in [0, 0.05) is 0 Å². The Bertz CT molecular complexity index is 2030. The van der Waals surface area contributed by atoms with Crippen molar-refractivity contribution < 1.29 is 72.4 Å². The quantitative estimate of drug-likeness (QED) is 0.197. The molecule has 0 fully saturated rings. The minimum Gasteiger partial charge on any atom is -1.00 e. The Hall–Kier alpha value is -2.73. The van der Waals surface area contributed by atoms with Crippen LogP contribution in [0.25, 0.3) is 11.1 Å². The Balaban J connectivity index is 0.00000302. The fourth-order valence-corrected chi connectivity index (χ4v) is 16.5. The summed E-state index contributed by atoms with van der Waals surface area (Å²) in [7, 11) is 0. The number of benzene rings is 4. The van der Waals surface area contributed by atoms with Crippen LogP contribution < -0.4 is 28.1 Å². The second-order valence-electron chi connectivity index (χ2n) is 15.7. The predicted octanol–water partition coefficient (Wildman–Crippen LogP) is 5.94. The molecule has 0 heterocycles. The van der Waals surface area contributed by atoms with Crippen molar-refractivity contribution in [2.24, 2.45) is 0 Å². The van der Waals surface area contributed by atoms with Crippen LogP contribution in [-0.2, 0) is 50.9 Å². The first-order valence-electron chi connectivity index (χ1n) is 16.9. The van der Waals surface area contributed by atoms with Crippen LogP contribution in [0.5, 0.6) is 0 Å². The Kier molecular flexibility index (Phi) is 12.0. The summed E-state index contributed by atoms with van der Waals surface area (Å²) in [5, 5.41) is 0. The van der Waals surface area contributed by atoms with Gasteiger partial charge in [-0.1, -0.05) is 0 Å². The van der Waals surface area contributed by atoms with E-state index >= 15 is 0 Å². The minimum atomic E-state index is -4.61. The zero-order valence-electron chi connectivity index (χ0n) is 30.5. The van der Waals surface area contributed by atoms with Crippen molar-refractivity contribution in [1.82, 2.24) is 0 Å². The van der Waals surface area contributed by atoms with Crippen LogP contribution in [-0.4, -0.2) is 3.21 Å².